The Morgan fingerprint density at radius 3 is 2.85 bits per heavy atom. The number of carbonyl (C=O) groups is 1. The maximum Gasteiger partial charge on any atom is 0.274 e. The summed E-state index contributed by atoms with van der Waals surface area (Å²) < 4.78 is 31.4. The van der Waals surface area contributed by atoms with Crippen LogP contribution >= 0.6 is 0 Å². The quantitative estimate of drug-likeness (QED) is 0.678. The Morgan fingerprint density at radius 2 is 2.15 bits per heavy atom. The first-order valence-electron chi connectivity index (χ1n) is 7.56. The molecule has 0 atom stereocenters. The van der Waals surface area contributed by atoms with E-state index >= 15 is 0 Å². The minimum absolute atomic E-state index is 0.0553. The number of hydrogen-bond donors (Lipinski definition) is 2. The SMILES string of the molecule is Cc1nc(C(=O)NCc2nccn2CC(F)F)c(N)nc1-c1ncco1. The maximum absolute atomic E-state index is 12.5. The van der Waals surface area contributed by atoms with Crippen LogP contribution < -0.4 is 11.1 Å². The fourth-order valence-corrected chi connectivity index (χ4v) is 2.31. The summed E-state index contributed by atoms with van der Waals surface area (Å²) in [4.78, 5) is 28.5. The van der Waals surface area contributed by atoms with E-state index in [1.807, 2.05) is 0 Å². The van der Waals surface area contributed by atoms with E-state index in [1.165, 1.54) is 29.4 Å². The van der Waals surface area contributed by atoms with Crippen molar-refractivity contribution in [3.05, 3.63) is 42.1 Å². The molecule has 9 nitrogen and oxygen atoms in total. The third-order valence-corrected chi connectivity index (χ3v) is 3.49. The van der Waals surface area contributed by atoms with Crippen molar-refractivity contribution < 1.29 is 18.0 Å². The van der Waals surface area contributed by atoms with Gasteiger partial charge in [-0.05, 0) is 6.92 Å². The van der Waals surface area contributed by atoms with Crippen molar-refractivity contribution in [1.82, 2.24) is 29.8 Å². The number of imidazole rings is 1. The van der Waals surface area contributed by atoms with Gasteiger partial charge in [0.25, 0.3) is 12.3 Å². The van der Waals surface area contributed by atoms with Crippen LogP contribution in [-0.4, -0.2) is 36.8 Å². The van der Waals surface area contributed by atoms with Gasteiger partial charge in [0.05, 0.1) is 25.0 Å². The highest BCUT2D eigenvalue weighted by Gasteiger charge is 2.19. The van der Waals surface area contributed by atoms with Crippen LogP contribution in [0.5, 0.6) is 0 Å². The summed E-state index contributed by atoms with van der Waals surface area (Å²) in [5.74, 6) is -0.165. The lowest BCUT2D eigenvalue weighted by Crippen LogP contribution is -2.27. The highest BCUT2D eigenvalue weighted by Crippen LogP contribution is 2.20. The summed E-state index contributed by atoms with van der Waals surface area (Å²) in [7, 11) is 0. The standard InChI is InChI=1S/C15H15F2N7O2/c1-8-11(15-20-3-5-26-15)23-13(18)12(22-8)14(25)21-6-10-19-2-4-24(10)7-9(16)17/h2-5,9H,6-7H2,1H3,(H2,18,23)(H,21,25). The van der Waals surface area contributed by atoms with E-state index < -0.39 is 18.9 Å². The molecular weight excluding hydrogens is 348 g/mol. The number of amides is 1. The zero-order chi connectivity index (χ0) is 18.7. The van der Waals surface area contributed by atoms with E-state index in [-0.39, 0.29) is 23.9 Å². The van der Waals surface area contributed by atoms with Crippen LogP contribution in [0.3, 0.4) is 0 Å². The first-order chi connectivity index (χ1) is 12.5. The van der Waals surface area contributed by atoms with Crippen LogP contribution in [0.2, 0.25) is 0 Å². The number of anilines is 1. The predicted octanol–water partition coefficient (Wildman–Crippen LogP) is 1.41. The number of aromatic nitrogens is 5. The summed E-state index contributed by atoms with van der Waals surface area (Å²) in [6, 6.07) is 0. The molecule has 3 aromatic rings. The van der Waals surface area contributed by atoms with Crippen LogP contribution in [-0.2, 0) is 13.1 Å². The van der Waals surface area contributed by atoms with Crippen molar-refractivity contribution in [3.63, 3.8) is 0 Å². The Balaban J connectivity index is 1.74. The predicted molar refractivity (Wildman–Crippen MR) is 86.1 cm³/mol. The second-order valence-electron chi connectivity index (χ2n) is 5.30. The lowest BCUT2D eigenvalue weighted by molar-refractivity contribution is 0.0944. The molecule has 136 valence electrons. The average Bonchev–Trinajstić information content (AvgIpc) is 3.26. The zero-order valence-corrected chi connectivity index (χ0v) is 13.7. The second-order valence-corrected chi connectivity index (χ2v) is 5.30. The molecule has 0 aliphatic carbocycles. The molecule has 0 spiro atoms. The number of oxazole rings is 1. The average molecular weight is 363 g/mol. The first-order valence-corrected chi connectivity index (χ1v) is 7.56. The van der Waals surface area contributed by atoms with Gasteiger partial charge in [-0.3, -0.25) is 4.79 Å². The molecular formula is C15H15F2N7O2. The molecule has 0 fully saturated rings. The number of hydrogen-bond acceptors (Lipinski definition) is 7. The normalized spacial score (nSPS) is 11.1. The Bertz CT molecular complexity index is 909. The number of nitrogen functional groups attached to an aromatic ring is 1. The van der Waals surface area contributed by atoms with Gasteiger partial charge >= 0.3 is 0 Å². The highest BCUT2D eigenvalue weighted by atomic mass is 19.3. The van der Waals surface area contributed by atoms with E-state index in [0.717, 1.165) is 0 Å². The lowest BCUT2D eigenvalue weighted by atomic mass is 10.2. The fraction of sp³-hybridized carbons (Fsp3) is 0.267. The molecule has 0 bridgehead atoms. The van der Waals surface area contributed by atoms with Gasteiger partial charge in [0.2, 0.25) is 5.89 Å². The topological polar surface area (TPSA) is 125 Å². The number of nitrogens with two attached hydrogens (primary N) is 1. The highest BCUT2D eigenvalue weighted by molar-refractivity contribution is 5.96. The Kier molecular flexibility index (Phi) is 4.87. The van der Waals surface area contributed by atoms with Crippen molar-refractivity contribution in [2.75, 3.05) is 5.73 Å². The van der Waals surface area contributed by atoms with Crippen molar-refractivity contribution in [3.8, 4) is 11.6 Å². The number of halogens is 2. The zero-order valence-electron chi connectivity index (χ0n) is 13.7. The second kappa shape index (κ2) is 7.25. The largest absolute Gasteiger partial charge is 0.443 e. The van der Waals surface area contributed by atoms with Gasteiger partial charge in [-0.1, -0.05) is 0 Å². The number of alkyl halides is 2. The molecule has 0 unspecified atom stereocenters. The minimum atomic E-state index is -2.52. The Hall–Kier alpha value is -3.37. The number of nitrogens with zero attached hydrogens (tertiary/aromatic N) is 5. The van der Waals surface area contributed by atoms with Crippen molar-refractivity contribution in [2.24, 2.45) is 0 Å². The molecule has 1 amide bonds. The van der Waals surface area contributed by atoms with Crippen LogP contribution in [0.1, 0.15) is 22.0 Å². The summed E-state index contributed by atoms with van der Waals surface area (Å²) in [6.45, 7) is 1.08. The number of nitrogens with one attached hydrogen (secondary N) is 1. The van der Waals surface area contributed by atoms with Crippen LogP contribution in [0.15, 0.2) is 29.3 Å². The summed E-state index contributed by atoms with van der Waals surface area (Å²) in [5.41, 5.74) is 6.48. The Labute approximate surface area is 146 Å². The molecule has 3 N–H and O–H groups in total. The summed E-state index contributed by atoms with van der Waals surface area (Å²) >= 11 is 0. The van der Waals surface area contributed by atoms with Gasteiger partial charge < -0.3 is 20.0 Å². The van der Waals surface area contributed by atoms with Gasteiger partial charge in [-0.15, -0.1) is 0 Å². The minimum Gasteiger partial charge on any atom is -0.443 e. The van der Waals surface area contributed by atoms with Crippen LogP contribution in [0.25, 0.3) is 11.6 Å². The Morgan fingerprint density at radius 1 is 1.35 bits per heavy atom. The smallest absolute Gasteiger partial charge is 0.274 e. The van der Waals surface area contributed by atoms with Gasteiger partial charge in [-0.2, -0.15) is 0 Å². The van der Waals surface area contributed by atoms with Gasteiger partial charge in [0.1, 0.15) is 17.8 Å². The third-order valence-electron chi connectivity index (χ3n) is 3.49. The molecule has 0 aromatic carbocycles. The number of carbonyl (C=O) groups excluding carboxylic acids is 1. The van der Waals surface area contributed by atoms with Crippen LogP contribution in [0, 0.1) is 6.92 Å². The monoisotopic (exact) mass is 363 g/mol. The molecule has 11 heteroatoms. The lowest BCUT2D eigenvalue weighted by Gasteiger charge is -2.10. The van der Waals surface area contributed by atoms with Gasteiger partial charge in [0.15, 0.2) is 11.5 Å². The number of aryl methyl sites for hydroxylation is 1. The molecule has 3 aromatic heterocycles. The summed E-state index contributed by atoms with van der Waals surface area (Å²) in [6.07, 6.45) is 3.11. The van der Waals surface area contributed by atoms with Gasteiger partial charge in [0, 0.05) is 12.4 Å². The van der Waals surface area contributed by atoms with E-state index in [0.29, 0.717) is 17.2 Å². The van der Waals surface area contributed by atoms with Gasteiger partial charge in [-0.25, -0.2) is 28.7 Å². The molecule has 0 saturated carbocycles. The fourth-order valence-electron chi connectivity index (χ4n) is 2.31. The molecule has 0 radical (unpaired) electrons. The summed E-state index contributed by atoms with van der Waals surface area (Å²) in [5, 5.41) is 2.55. The van der Waals surface area contributed by atoms with E-state index in [1.54, 1.807) is 6.92 Å². The van der Waals surface area contributed by atoms with Crippen molar-refractivity contribution >= 4 is 11.7 Å². The van der Waals surface area contributed by atoms with Crippen molar-refractivity contribution in [1.29, 1.82) is 0 Å². The molecule has 26 heavy (non-hydrogen) atoms. The molecule has 3 rings (SSSR count). The first kappa shape index (κ1) is 17.5. The number of rotatable bonds is 6. The van der Waals surface area contributed by atoms with Crippen molar-refractivity contribution in [2.45, 2.75) is 26.4 Å². The van der Waals surface area contributed by atoms with E-state index in [2.05, 4.69) is 25.3 Å². The molecule has 0 aliphatic heterocycles. The van der Waals surface area contributed by atoms with E-state index in [9.17, 15) is 13.6 Å². The molecule has 0 saturated heterocycles. The van der Waals surface area contributed by atoms with Crippen LogP contribution in [0.4, 0.5) is 14.6 Å². The molecule has 0 aliphatic rings. The van der Waals surface area contributed by atoms with E-state index in [4.69, 9.17) is 10.2 Å². The molecule has 3 heterocycles. The maximum atomic E-state index is 12.5. The third kappa shape index (κ3) is 3.66.